The van der Waals surface area contributed by atoms with Crippen LogP contribution in [0, 0.1) is 25.7 Å². The summed E-state index contributed by atoms with van der Waals surface area (Å²) >= 11 is 5.91. The van der Waals surface area contributed by atoms with Crippen molar-refractivity contribution in [3.63, 3.8) is 0 Å². The SMILES string of the molecule is Cc1oc(C)c(S(=O)(=O)N2CC(C)CC(C)C2)c1CCl. The standard InChI is InChI=1S/C14H22ClNO3S/c1-9-5-10(2)8-16(7-9)20(17,18)14-12(4)19-11(3)13(14)6-15/h9-10H,5-8H2,1-4H3. The number of sulfonamides is 1. The largest absolute Gasteiger partial charge is 0.465 e. The minimum atomic E-state index is -3.53. The van der Waals surface area contributed by atoms with Crippen LogP contribution in [0.25, 0.3) is 0 Å². The van der Waals surface area contributed by atoms with Crippen LogP contribution in [-0.4, -0.2) is 25.8 Å². The van der Waals surface area contributed by atoms with Crippen molar-refractivity contribution in [3.8, 4) is 0 Å². The Labute approximate surface area is 126 Å². The zero-order valence-corrected chi connectivity index (χ0v) is 14.0. The van der Waals surface area contributed by atoms with E-state index in [-0.39, 0.29) is 10.8 Å². The molecule has 1 aliphatic rings. The van der Waals surface area contributed by atoms with Crippen molar-refractivity contribution < 1.29 is 12.8 Å². The smallest absolute Gasteiger partial charge is 0.246 e. The summed E-state index contributed by atoms with van der Waals surface area (Å²) in [5.74, 6) is 1.93. The first kappa shape index (κ1) is 15.9. The van der Waals surface area contributed by atoms with Crippen LogP contribution in [0.1, 0.15) is 37.4 Å². The highest BCUT2D eigenvalue weighted by Gasteiger charge is 2.36. The second-order valence-corrected chi connectivity index (χ2v) is 8.07. The first-order valence-corrected chi connectivity index (χ1v) is 8.89. The van der Waals surface area contributed by atoms with Crippen molar-refractivity contribution in [1.29, 1.82) is 0 Å². The van der Waals surface area contributed by atoms with Crippen molar-refractivity contribution in [2.75, 3.05) is 13.1 Å². The second kappa shape index (κ2) is 5.70. The molecule has 1 aromatic rings. The van der Waals surface area contributed by atoms with Crippen LogP contribution in [-0.2, 0) is 15.9 Å². The predicted octanol–water partition coefficient (Wildman–Crippen LogP) is 3.30. The van der Waals surface area contributed by atoms with Gasteiger partial charge in [0.1, 0.15) is 16.4 Å². The maximum atomic E-state index is 12.9. The Balaban J connectivity index is 2.45. The average Bonchev–Trinajstić information content (AvgIpc) is 2.62. The van der Waals surface area contributed by atoms with Gasteiger partial charge in [0.25, 0.3) is 0 Å². The molecule has 0 amide bonds. The molecule has 114 valence electrons. The monoisotopic (exact) mass is 319 g/mol. The van der Waals surface area contributed by atoms with Gasteiger partial charge in [0.05, 0.1) is 5.88 Å². The molecule has 1 aliphatic heterocycles. The third-order valence-corrected chi connectivity index (χ3v) is 6.19. The quantitative estimate of drug-likeness (QED) is 0.803. The number of hydrogen-bond donors (Lipinski definition) is 0. The molecule has 0 N–H and O–H groups in total. The van der Waals surface area contributed by atoms with Gasteiger partial charge in [-0.3, -0.25) is 0 Å². The molecule has 0 spiro atoms. The van der Waals surface area contributed by atoms with Gasteiger partial charge in [-0.25, -0.2) is 8.42 Å². The number of nitrogens with zero attached hydrogens (tertiary/aromatic N) is 1. The highest BCUT2D eigenvalue weighted by Crippen LogP contribution is 2.33. The van der Waals surface area contributed by atoms with Gasteiger partial charge in [0.2, 0.25) is 10.0 Å². The number of rotatable bonds is 3. The molecule has 1 saturated heterocycles. The van der Waals surface area contributed by atoms with Crippen LogP contribution in [0.5, 0.6) is 0 Å². The van der Waals surface area contributed by atoms with Gasteiger partial charge in [-0.15, -0.1) is 11.6 Å². The Bertz CT molecular complexity index is 584. The number of halogens is 1. The average molecular weight is 320 g/mol. The summed E-state index contributed by atoms with van der Waals surface area (Å²) in [5.41, 5.74) is 0.593. The Morgan fingerprint density at radius 2 is 1.75 bits per heavy atom. The third-order valence-electron chi connectivity index (χ3n) is 3.89. The molecule has 2 heterocycles. The van der Waals surface area contributed by atoms with Gasteiger partial charge in [0.15, 0.2) is 0 Å². The van der Waals surface area contributed by atoms with E-state index >= 15 is 0 Å². The Morgan fingerprint density at radius 1 is 1.20 bits per heavy atom. The number of aryl methyl sites for hydroxylation is 2. The summed E-state index contributed by atoms with van der Waals surface area (Å²) in [6, 6.07) is 0. The molecule has 2 rings (SSSR count). The molecule has 6 heteroatoms. The van der Waals surface area contributed by atoms with Crippen molar-refractivity contribution in [3.05, 3.63) is 17.1 Å². The molecule has 0 aliphatic carbocycles. The fourth-order valence-corrected chi connectivity index (χ4v) is 5.63. The molecular formula is C14H22ClNO3S. The lowest BCUT2D eigenvalue weighted by Gasteiger charge is -2.34. The molecule has 4 nitrogen and oxygen atoms in total. The van der Waals surface area contributed by atoms with Crippen molar-refractivity contribution in [1.82, 2.24) is 4.31 Å². The maximum Gasteiger partial charge on any atom is 0.246 e. The van der Waals surface area contributed by atoms with E-state index in [4.69, 9.17) is 16.0 Å². The minimum Gasteiger partial charge on any atom is -0.465 e. The molecule has 2 atom stereocenters. The second-order valence-electron chi connectivity index (χ2n) is 5.92. The van der Waals surface area contributed by atoms with Crippen LogP contribution in [0.2, 0.25) is 0 Å². The Kier molecular flexibility index (Phi) is 4.52. The van der Waals surface area contributed by atoms with Gasteiger partial charge in [-0.1, -0.05) is 13.8 Å². The van der Waals surface area contributed by atoms with Crippen LogP contribution in [0.3, 0.4) is 0 Å². The van der Waals surface area contributed by atoms with Crippen LogP contribution >= 0.6 is 11.6 Å². The normalized spacial score (nSPS) is 25.1. The summed E-state index contributed by atoms with van der Waals surface area (Å²) in [7, 11) is -3.53. The molecule has 0 saturated carbocycles. The van der Waals surface area contributed by atoms with Crippen molar-refractivity contribution in [2.45, 2.75) is 44.9 Å². The summed E-state index contributed by atoms with van der Waals surface area (Å²) in [6.07, 6.45) is 1.07. The van der Waals surface area contributed by atoms with E-state index in [1.54, 1.807) is 18.2 Å². The van der Waals surface area contributed by atoms with Gasteiger partial charge < -0.3 is 4.42 Å². The lowest BCUT2D eigenvalue weighted by Crippen LogP contribution is -2.42. The zero-order valence-electron chi connectivity index (χ0n) is 12.4. The van der Waals surface area contributed by atoms with Gasteiger partial charge in [-0.05, 0) is 32.1 Å². The van der Waals surface area contributed by atoms with Crippen LogP contribution in [0.15, 0.2) is 9.31 Å². The lowest BCUT2D eigenvalue weighted by molar-refractivity contribution is 0.222. The maximum absolute atomic E-state index is 12.9. The fourth-order valence-electron chi connectivity index (χ4n) is 3.13. The van der Waals surface area contributed by atoms with Crippen LogP contribution < -0.4 is 0 Å². The van der Waals surface area contributed by atoms with Gasteiger partial charge >= 0.3 is 0 Å². The van der Waals surface area contributed by atoms with E-state index < -0.39 is 10.0 Å². The van der Waals surface area contributed by atoms with E-state index in [1.165, 1.54) is 0 Å². The van der Waals surface area contributed by atoms with E-state index in [0.29, 0.717) is 42.0 Å². The highest BCUT2D eigenvalue weighted by molar-refractivity contribution is 7.89. The topological polar surface area (TPSA) is 50.5 Å². The first-order valence-electron chi connectivity index (χ1n) is 6.92. The molecule has 0 aromatic carbocycles. The number of furan rings is 1. The fraction of sp³-hybridized carbons (Fsp3) is 0.714. The molecule has 1 fully saturated rings. The molecule has 1 aromatic heterocycles. The summed E-state index contributed by atoms with van der Waals surface area (Å²) < 4.78 is 32.9. The lowest BCUT2D eigenvalue weighted by atomic mass is 9.94. The predicted molar refractivity (Wildman–Crippen MR) is 79.4 cm³/mol. The molecule has 0 radical (unpaired) electrons. The summed E-state index contributed by atoms with van der Waals surface area (Å²) in [4.78, 5) is 0.270. The third kappa shape index (κ3) is 2.76. The molecular weight excluding hydrogens is 298 g/mol. The van der Waals surface area contributed by atoms with E-state index in [2.05, 4.69) is 13.8 Å². The first-order chi connectivity index (χ1) is 9.27. The van der Waals surface area contributed by atoms with E-state index in [1.807, 2.05) is 0 Å². The van der Waals surface area contributed by atoms with Crippen LogP contribution in [0.4, 0.5) is 0 Å². The van der Waals surface area contributed by atoms with E-state index in [9.17, 15) is 8.42 Å². The summed E-state index contributed by atoms with van der Waals surface area (Å²) in [5, 5.41) is 0. The molecule has 2 unspecified atom stereocenters. The Morgan fingerprint density at radius 3 is 2.25 bits per heavy atom. The molecule has 20 heavy (non-hydrogen) atoms. The van der Waals surface area contributed by atoms with E-state index in [0.717, 1.165) is 6.42 Å². The summed E-state index contributed by atoms with van der Waals surface area (Å²) in [6.45, 7) is 8.76. The highest BCUT2D eigenvalue weighted by atomic mass is 35.5. The van der Waals surface area contributed by atoms with Crippen molar-refractivity contribution in [2.24, 2.45) is 11.8 Å². The number of hydrogen-bond acceptors (Lipinski definition) is 3. The minimum absolute atomic E-state index is 0.149. The molecule has 0 bridgehead atoms. The Hall–Kier alpha value is -0.520. The number of alkyl halides is 1. The zero-order chi connectivity index (χ0) is 15.1. The van der Waals surface area contributed by atoms with Gasteiger partial charge in [-0.2, -0.15) is 4.31 Å². The van der Waals surface area contributed by atoms with Gasteiger partial charge in [0, 0.05) is 18.7 Å². The van der Waals surface area contributed by atoms with Crippen molar-refractivity contribution >= 4 is 21.6 Å². The number of piperidine rings is 1.